The normalized spacial score (nSPS) is 19.9. The van der Waals surface area contributed by atoms with Crippen LogP contribution in [0.15, 0.2) is 36.7 Å². The maximum Gasteiger partial charge on any atom is 0.325 e. The van der Waals surface area contributed by atoms with Crippen LogP contribution in [0.3, 0.4) is 0 Å². The maximum atomic E-state index is 12.9. The number of benzene rings is 1. The Balaban J connectivity index is 1.88. The van der Waals surface area contributed by atoms with E-state index in [4.69, 9.17) is 0 Å². The Morgan fingerprint density at radius 2 is 1.96 bits per heavy atom. The molecule has 1 aromatic carbocycles. The van der Waals surface area contributed by atoms with E-state index >= 15 is 0 Å². The molecule has 1 saturated heterocycles. The fraction of sp³-hybridized carbons (Fsp3) is 0.267. The second kappa shape index (κ2) is 6.17. The van der Waals surface area contributed by atoms with E-state index in [2.05, 4.69) is 10.3 Å². The number of nitrogens with one attached hydrogen (secondary N) is 1. The highest BCUT2D eigenvalue weighted by Gasteiger charge is 2.49. The molecule has 9 nitrogen and oxygen atoms in total. The molecule has 1 atom stereocenters. The molecule has 1 fully saturated rings. The number of rotatable bonds is 5. The highest BCUT2D eigenvalue weighted by atomic mass is 19.3. The first-order chi connectivity index (χ1) is 12.2. The zero-order valence-corrected chi connectivity index (χ0v) is 13.4. The minimum atomic E-state index is -2.85. The van der Waals surface area contributed by atoms with Gasteiger partial charge in [-0.25, -0.2) is 9.78 Å². The number of nitrogens with zero attached hydrogens (tertiary/aromatic N) is 4. The summed E-state index contributed by atoms with van der Waals surface area (Å²) in [5.74, 6) is -0.809. The van der Waals surface area contributed by atoms with Gasteiger partial charge < -0.3 is 5.32 Å². The standard InChI is InChI=1S/C15H13F2N5O4/c1-15(9-2-4-10(5-3-9)22(25)26)12(23)21(14(24)19-15)8-11-18-6-7-20(11)13(16)17/h2-7,13H,8H2,1H3,(H,19,24). The fourth-order valence-corrected chi connectivity index (χ4v) is 2.74. The quantitative estimate of drug-likeness (QED) is 0.496. The van der Waals surface area contributed by atoms with Crippen molar-refractivity contribution < 1.29 is 23.3 Å². The smallest absolute Gasteiger partial charge is 0.319 e. The molecule has 136 valence electrons. The van der Waals surface area contributed by atoms with Crippen molar-refractivity contribution in [2.75, 3.05) is 0 Å². The second-order valence-corrected chi connectivity index (χ2v) is 5.78. The van der Waals surface area contributed by atoms with Crippen LogP contribution in [-0.2, 0) is 16.9 Å². The Morgan fingerprint density at radius 3 is 2.54 bits per heavy atom. The van der Waals surface area contributed by atoms with E-state index in [1.54, 1.807) is 0 Å². The number of hydrogen-bond acceptors (Lipinski definition) is 5. The molecule has 2 heterocycles. The predicted octanol–water partition coefficient (Wildman–Crippen LogP) is 2.15. The summed E-state index contributed by atoms with van der Waals surface area (Å²) in [5, 5.41) is 13.2. The van der Waals surface area contributed by atoms with Gasteiger partial charge in [-0.3, -0.25) is 24.4 Å². The van der Waals surface area contributed by atoms with Gasteiger partial charge in [0.25, 0.3) is 11.6 Å². The van der Waals surface area contributed by atoms with E-state index in [0.29, 0.717) is 10.1 Å². The number of nitro groups is 1. The van der Waals surface area contributed by atoms with Gasteiger partial charge in [0, 0.05) is 24.5 Å². The summed E-state index contributed by atoms with van der Waals surface area (Å²) in [6.07, 6.45) is 2.20. The van der Waals surface area contributed by atoms with Crippen LogP contribution < -0.4 is 5.32 Å². The van der Waals surface area contributed by atoms with E-state index in [-0.39, 0.29) is 11.5 Å². The highest BCUT2D eigenvalue weighted by molar-refractivity contribution is 6.07. The molecular formula is C15H13F2N5O4. The third-order valence-electron chi connectivity index (χ3n) is 4.19. The molecule has 1 aliphatic heterocycles. The van der Waals surface area contributed by atoms with Crippen molar-refractivity contribution in [3.05, 3.63) is 58.2 Å². The van der Waals surface area contributed by atoms with Crippen LogP contribution in [0, 0.1) is 10.1 Å². The molecule has 0 bridgehead atoms. The van der Waals surface area contributed by atoms with E-state index in [1.807, 2.05) is 0 Å². The SMILES string of the molecule is CC1(c2ccc([N+](=O)[O-])cc2)NC(=O)N(Cc2nccn2C(F)F)C1=O. The molecule has 0 aliphatic carbocycles. The van der Waals surface area contributed by atoms with Crippen molar-refractivity contribution in [1.29, 1.82) is 0 Å². The zero-order chi connectivity index (χ0) is 19.1. The fourth-order valence-electron chi connectivity index (χ4n) is 2.74. The summed E-state index contributed by atoms with van der Waals surface area (Å²) in [5.41, 5.74) is -1.29. The average molecular weight is 365 g/mol. The largest absolute Gasteiger partial charge is 0.325 e. The van der Waals surface area contributed by atoms with Gasteiger partial charge in [0.05, 0.1) is 11.5 Å². The maximum absolute atomic E-state index is 12.9. The molecule has 0 saturated carbocycles. The lowest BCUT2D eigenvalue weighted by Crippen LogP contribution is -2.40. The molecular weight excluding hydrogens is 352 g/mol. The monoisotopic (exact) mass is 365 g/mol. The number of carbonyl (C=O) groups is 2. The molecule has 0 radical (unpaired) electrons. The topological polar surface area (TPSA) is 110 Å². The summed E-state index contributed by atoms with van der Waals surface area (Å²) < 4.78 is 26.4. The van der Waals surface area contributed by atoms with Gasteiger partial charge in [-0.05, 0) is 24.6 Å². The van der Waals surface area contributed by atoms with Gasteiger partial charge in [-0.1, -0.05) is 0 Å². The van der Waals surface area contributed by atoms with Crippen molar-refractivity contribution in [2.24, 2.45) is 0 Å². The van der Waals surface area contributed by atoms with Crippen LogP contribution in [0.2, 0.25) is 0 Å². The van der Waals surface area contributed by atoms with Gasteiger partial charge in [0.1, 0.15) is 11.4 Å². The lowest BCUT2D eigenvalue weighted by Gasteiger charge is -2.22. The Bertz CT molecular complexity index is 882. The molecule has 1 aliphatic rings. The minimum absolute atomic E-state index is 0.142. The summed E-state index contributed by atoms with van der Waals surface area (Å²) in [4.78, 5) is 39.7. The van der Waals surface area contributed by atoms with Crippen LogP contribution in [0.25, 0.3) is 0 Å². The van der Waals surface area contributed by atoms with Crippen LogP contribution in [0.5, 0.6) is 0 Å². The van der Waals surface area contributed by atoms with E-state index in [0.717, 1.165) is 17.3 Å². The van der Waals surface area contributed by atoms with Crippen molar-refractivity contribution in [3.8, 4) is 0 Å². The first-order valence-corrected chi connectivity index (χ1v) is 7.43. The Labute approximate surface area is 145 Å². The first-order valence-electron chi connectivity index (χ1n) is 7.43. The van der Waals surface area contributed by atoms with Crippen molar-refractivity contribution in [3.63, 3.8) is 0 Å². The summed E-state index contributed by atoms with van der Waals surface area (Å²) in [7, 11) is 0. The van der Waals surface area contributed by atoms with E-state index in [9.17, 15) is 28.5 Å². The van der Waals surface area contributed by atoms with Crippen molar-refractivity contribution >= 4 is 17.6 Å². The summed E-state index contributed by atoms with van der Waals surface area (Å²) in [6, 6.07) is 4.39. The van der Waals surface area contributed by atoms with Gasteiger partial charge >= 0.3 is 12.6 Å². The third kappa shape index (κ3) is 2.76. The summed E-state index contributed by atoms with van der Waals surface area (Å²) in [6.45, 7) is -1.84. The van der Waals surface area contributed by atoms with Crippen LogP contribution >= 0.6 is 0 Å². The van der Waals surface area contributed by atoms with Crippen molar-refractivity contribution in [1.82, 2.24) is 19.8 Å². The van der Waals surface area contributed by atoms with Gasteiger partial charge in [-0.15, -0.1) is 0 Å². The number of imidazole rings is 1. The van der Waals surface area contributed by atoms with Crippen LogP contribution in [-0.4, -0.2) is 31.3 Å². The summed E-state index contributed by atoms with van der Waals surface area (Å²) >= 11 is 0. The number of amides is 3. The van der Waals surface area contributed by atoms with E-state index < -0.39 is 35.5 Å². The second-order valence-electron chi connectivity index (χ2n) is 5.78. The first kappa shape index (κ1) is 17.5. The number of non-ortho nitro benzene ring substituents is 1. The molecule has 1 aromatic heterocycles. The highest BCUT2D eigenvalue weighted by Crippen LogP contribution is 2.31. The van der Waals surface area contributed by atoms with Crippen LogP contribution in [0.4, 0.5) is 19.3 Å². The number of halogens is 2. The van der Waals surface area contributed by atoms with Gasteiger partial charge in [-0.2, -0.15) is 8.78 Å². The number of aromatic nitrogens is 2. The number of imide groups is 1. The number of nitro benzene ring substituents is 1. The molecule has 2 aromatic rings. The molecule has 3 rings (SSSR count). The number of carbonyl (C=O) groups excluding carboxylic acids is 2. The Morgan fingerprint density at radius 1 is 1.31 bits per heavy atom. The van der Waals surface area contributed by atoms with Gasteiger partial charge in [0.15, 0.2) is 0 Å². The zero-order valence-electron chi connectivity index (χ0n) is 13.4. The molecule has 0 spiro atoms. The number of hydrogen-bond donors (Lipinski definition) is 1. The predicted molar refractivity (Wildman–Crippen MR) is 83.0 cm³/mol. The number of urea groups is 1. The molecule has 1 unspecified atom stereocenters. The Kier molecular flexibility index (Phi) is 4.14. The van der Waals surface area contributed by atoms with E-state index in [1.165, 1.54) is 31.2 Å². The Hall–Kier alpha value is -3.37. The van der Waals surface area contributed by atoms with Crippen molar-refractivity contribution in [2.45, 2.75) is 25.6 Å². The average Bonchev–Trinajstić information content (AvgIpc) is 3.14. The minimum Gasteiger partial charge on any atom is -0.319 e. The lowest BCUT2D eigenvalue weighted by atomic mass is 9.92. The van der Waals surface area contributed by atoms with Gasteiger partial charge in [0.2, 0.25) is 0 Å². The molecule has 3 amide bonds. The lowest BCUT2D eigenvalue weighted by molar-refractivity contribution is -0.384. The molecule has 11 heteroatoms. The molecule has 26 heavy (non-hydrogen) atoms. The molecule has 1 N–H and O–H groups in total. The van der Waals surface area contributed by atoms with Crippen LogP contribution in [0.1, 0.15) is 24.9 Å². The third-order valence-corrected chi connectivity index (χ3v) is 4.19. The number of alkyl halides is 2.